The Morgan fingerprint density at radius 2 is 1.00 bits per heavy atom. The summed E-state index contributed by atoms with van der Waals surface area (Å²) >= 11 is -1.08. The van der Waals surface area contributed by atoms with Gasteiger partial charge in [0.15, 0.2) is 0 Å². The molecule has 0 aliphatic heterocycles. The van der Waals surface area contributed by atoms with Crippen molar-refractivity contribution in [3.05, 3.63) is 0 Å². The summed E-state index contributed by atoms with van der Waals surface area (Å²) in [6.45, 7) is 7.01. The van der Waals surface area contributed by atoms with Crippen LogP contribution in [0.3, 0.4) is 0 Å². The first-order valence-corrected chi connectivity index (χ1v) is 10.9. The molecular weight excluding hydrogens is 195 g/mol. The molecule has 0 aromatic heterocycles. The maximum absolute atomic E-state index is 2.62. The van der Waals surface area contributed by atoms with Crippen LogP contribution in [0.2, 0.25) is 21.3 Å². The second-order valence-electron chi connectivity index (χ2n) is 3.79. The molecule has 1 radical (unpaired) electrons. The third-order valence-electron chi connectivity index (χ3n) is 2.29. The predicted octanol–water partition coefficient (Wildman–Crippen LogP) is 4.30. The zero-order valence-electron chi connectivity index (χ0n) is 8.69. The fraction of sp³-hybridized carbons (Fsp3) is 1.00. The first-order valence-electron chi connectivity index (χ1n) is 5.02. The Labute approximate surface area is 75.2 Å². The topological polar surface area (TPSA) is 0 Å². The van der Waals surface area contributed by atoms with Gasteiger partial charge in [-0.1, -0.05) is 0 Å². The Kier molecular flexibility index (Phi) is 6.43. The molecule has 0 unspecified atom stereocenters. The number of hydrogen-bond donors (Lipinski definition) is 0. The zero-order chi connectivity index (χ0) is 8.74. The Balaban J connectivity index is 3.79. The van der Waals surface area contributed by atoms with Gasteiger partial charge in [-0.15, -0.1) is 0 Å². The average molecular weight is 219 g/mol. The van der Waals surface area contributed by atoms with E-state index in [9.17, 15) is 0 Å². The molecule has 0 atom stereocenters. The van der Waals surface area contributed by atoms with E-state index in [0.29, 0.717) is 0 Å². The summed E-state index contributed by atoms with van der Waals surface area (Å²) in [7, 11) is 0. The Bertz CT molecular complexity index is 71.9. The van der Waals surface area contributed by atoms with E-state index in [1.165, 1.54) is 19.3 Å². The molecule has 0 amide bonds. The van der Waals surface area contributed by atoms with Crippen molar-refractivity contribution in [1.82, 2.24) is 0 Å². The molecule has 0 heterocycles. The molecule has 0 N–H and O–H groups in total. The maximum atomic E-state index is 2.62. The molecule has 1 heteroatoms. The summed E-state index contributed by atoms with van der Waals surface area (Å²) in [4.78, 5) is 0. The van der Waals surface area contributed by atoms with Gasteiger partial charge >= 0.3 is 74.9 Å². The fourth-order valence-corrected chi connectivity index (χ4v) is 10.2. The minimum absolute atomic E-state index is 1.08. The van der Waals surface area contributed by atoms with E-state index in [4.69, 9.17) is 0 Å². The molecule has 0 saturated heterocycles. The third kappa shape index (κ3) is 4.90. The Morgan fingerprint density at radius 3 is 1.18 bits per heavy atom. The Hall–Kier alpha value is 0.558. The van der Waals surface area contributed by atoms with Crippen LogP contribution in [0.25, 0.3) is 0 Å². The van der Waals surface area contributed by atoms with E-state index >= 15 is 0 Å². The van der Waals surface area contributed by atoms with Gasteiger partial charge in [0.25, 0.3) is 0 Å². The van der Waals surface area contributed by atoms with Gasteiger partial charge < -0.3 is 0 Å². The van der Waals surface area contributed by atoms with Gasteiger partial charge in [0.05, 0.1) is 0 Å². The van der Waals surface area contributed by atoms with Crippen molar-refractivity contribution in [3.8, 4) is 0 Å². The molecule has 69 valence electrons. The molecule has 0 aliphatic rings. The first kappa shape index (κ1) is 11.6. The van der Waals surface area contributed by atoms with Gasteiger partial charge in [-0.25, -0.2) is 0 Å². The van der Waals surface area contributed by atoms with Crippen molar-refractivity contribution in [2.24, 2.45) is 0 Å². The van der Waals surface area contributed by atoms with Crippen LogP contribution in [0.5, 0.6) is 0 Å². The van der Waals surface area contributed by atoms with E-state index in [-0.39, 0.29) is 0 Å². The van der Waals surface area contributed by atoms with Crippen LogP contribution in [0.15, 0.2) is 0 Å². The summed E-state index contributed by atoms with van der Waals surface area (Å²) in [5.74, 6) is 0. The first-order chi connectivity index (χ1) is 5.18. The summed E-state index contributed by atoms with van der Waals surface area (Å²) in [6, 6.07) is 0. The quantitative estimate of drug-likeness (QED) is 0.584. The second kappa shape index (κ2) is 6.12. The fourth-order valence-electron chi connectivity index (χ4n) is 1.95. The molecule has 0 spiro atoms. The minimum atomic E-state index is -1.08. The van der Waals surface area contributed by atoms with Crippen molar-refractivity contribution in [2.75, 3.05) is 0 Å². The van der Waals surface area contributed by atoms with Crippen molar-refractivity contribution >= 4 is 13.6 Å². The molecule has 0 fully saturated rings. The summed E-state index contributed by atoms with van der Waals surface area (Å²) in [5, 5.41) is 4.75. The van der Waals surface area contributed by atoms with Crippen LogP contribution < -0.4 is 0 Å². The number of hydrogen-bond acceptors (Lipinski definition) is 0. The molecular formula is C10H24As. The monoisotopic (exact) mass is 219 g/mol. The molecule has 0 rings (SSSR count). The van der Waals surface area contributed by atoms with Crippen molar-refractivity contribution in [3.63, 3.8) is 0 Å². The SMILES string of the molecule is CCC[As](C)(CCC)CCC. The van der Waals surface area contributed by atoms with Crippen molar-refractivity contribution in [2.45, 2.75) is 61.4 Å². The van der Waals surface area contributed by atoms with Gasteiger partial charge in [-0.3, -0.25) is 0 Å². The molecule has 11 heavy (non-hydrogen) atoms. The van der Waals surface area contributed by atoms with Gasteiger partial charge in [0, 0.05) is 0 Å². The molecule has 0 aliphatic carbocycles. The standard InChI is InChI=1S/C10H24As/c1-5-8-11(4,9-6-2)10-7-3/h5-10H2,1-4H3. The van der Waals surface area contributed by atoms with Crippen LogP contribution in [0, 0.1) is 0 Å². The summed E-state index contributed by atoms with van der Waals surface area (Å²) < 4.78 is 0. The van der Waals surface area contributed by atoms with Gasteiger partial charge in [0.2, 0.25) is 0 Å². The van der Waals surface area contributed by atoms with Crippen LogP contribution in [0.4, 0.5) is 0 Å². The third-order valence-corrected chi connectivity index (χ3v) is 11.9. The Morgan fingerprint density at radius 1 is 0.727 bits per heavy atom. The molecule has 0 nitrogen and oxygen atoms in total. The van der Waals surface area contributed by atoms with E-state index in [1.807, 2.05) is 0 Å². The van der Waals surface area contributed by atoms with Crippen LogP contribution in [-0.2, 0) is 0 Å². The van der Waals surface area contributed by atoms with Crippen LogP contribution in [0.1, 0.15) is 40.0 Å². The van der Waals surface area contributed by atoms with Crippen molar-refractivity contribution in [1.29, 1.82) is 0 Å². The summed E-state index contributed by atoms with van der Waals surface area (Å²) in [5.41, 5.74) is 2.62. The van der Waals surface area contributed by atoms with E-state index < -0.39 is 13.6 Å². The number of rotatable bonds is 6. The normalized spacial score (nSPS) is 12.0. The van der Waals surface area contributed by atoms with Crippen LogP contribution >= 0.6 is 0 Å². The summed E-state index contributed by atoms with van der Waals surface area (Å²) in [6.07, 6.45) is 4.26. The predicted molar refractivity (Wildman–Crippen MR) is 56.9 cm³/mol. The molecule has 0 aromatic rings. The molecule has 0 saturated carbocycles. The van der Waals surface area contributed by atoms with Crippen LogP contribution in [-0.4, -0.2) is 13.6 Å². The average Bonchev–Trinajstić information content (AvgIpc) is 1.88. The molecule has 0 aromatic carbocycles. The van der Waals surface area contributed by atoms with Crippen molar-refractivity contribution < 1.29 is 0 Å². The zero-order valence-corrected chi connectivity index (χ0v) is 10.6. The second-order valence-corrected chi connectivity index (χ2v) is 13.4. The van der Waals surface area contributed by atoms with E-state index in [0.717, 1.165) is 0 Å². The van der Waals surface area contributed by atoms with Gasteiger partial charge in [-0.2, -0.15) is 0 Å². The van der Waals surface area contributed by atoms with E-state index in [2.05, 4.69) is 26.5 Å². The van der Waals surface area contributed by atoms with Gasteiger partial charge in [-0.05, 0) is 0 Å². The van der Waals surface area contributed by atoms with Gasteiger partial charge in [0.1, 0.15) is 0 Å². The van der Waals surface area contributed by atoms with E-state index in [1.54, 1.807) is 15.6 Å². The molecule has 0 bridgehead atoms.